The van der Waals surface area contributed by atoms with Gasteiger partial charge in [-0.3, -0.25) is 14.5 Å². The zero-order valence-electron chi connectivity index (χ0n) is 13.0. The molecule has 1 saturated carbocycles. The van der Waals surface area contributed by atoms with Crippen molar-refractivity contribution in [2.75, 3.05) is 0 Å². The van der Waals surface area contributed by atoms with E-state index >= 15 is 0 Å². The largest absolute Gasteiger partial charge is 0.303 e. The molecular formula is C16H28N2O2. The minimum atomic E-state index is -0.293. The van der Waals surface area contributed by atoms with Crippen LogP contribution in [-0.4, -0.2) is 34.8 Å². The van der Waals surface area contributed by atoms with E-state index in [0.29, 0.717) is 12.3 Å². The van der Waals surface area contributed by atoms with Crippen LogP contribution in [0.5, 0.6) is 0 Å². The van der Waals surface area contributed by atoms with Gasteiger partial charge in [0.2, 0.25) is 11.8 Å². The molecule has 4 nitrogen and oxygen atoms in total. The fraction of sp³-hybridized carbons (Fsp3) is 0.875. The molecule has 1 heterocycles. The fourth-order valence-electron chi connectivity index (χ4n) is 3.78. The quantitative estimate of drug-likeness (QED) is 0.760. The average Bonchev–Trinajstić information content (AvgIpc) is 3.01. The van der Waals surface area contributed by atoms with Gasteiger partial charge in [0.15, 0.2) is 0 Å². The molecule has 0 spiro atoms. The first-order valence-electron chi connectivity index (χ1n) is 8.20. The van der Waals surface area contributed by atoms with Crippen LogP contribution in [0.3, 0.4) is 0 Å². The number of imide groups is 1. The molecule has 2 amide bonds. The molecule has 0 radical (unpaired) electrons. The van der Waals surface area contributed by atoms with Gasteiger partial charge >= 0.3 is 0 Å². The maximum absolute atomic E-state index is 12.5. The van der Waals surface area contributed by atoms with Crippen molar-refractivity contribution in [1.82, 2.24) is 10.2 Å². The van der Waals surface area contributed by atoms with Gasteiger partial charge < -0.3 is 5.32 Å². The van der Waals surface area contributed by atoms with Crippen LogP contribution in [0.25, 0.3) is 0 Å². The monoisotopic (exact) mass is 280 g/mol. The Morgan fingerprint density at radius 3 is 2.35 bits per heavy atom. The molecule has 1 N–H and O–H groups in total. The summed E-state index contributed by atoms with van der Waals surface area (Å²) >= 11 is 0. The highest BCUT2D eigenvalue weighted by Crippen LogP contribution is 2.28. The van der Waals surface area contributed by atoms with Gasteiger partial charge in [0, 0.05) is 12.1 Å². The van der Waals surface area contributed by atoms with Gasteiger partial charge in [-0.1, -0.05) is 39.5 Å². The first-order valence-corrected chi connectivity index (χ1v) is 8.20. The molecule has 2 unspecified atom stereocenters. The SMILES string of the molecule is CCC(CC)C(C)NC1CC(=O)N(C2CCCC2)C1=O. The third kappa shape index (κ3) is 3.05. The summed E-state index contributed by atoms with van der Waals surface area (Å²) in [5.41, 5.74) is 0. The lowest BCUT2D eigenvalue weighted by molar-refractivity contribution is -0.141. The van der Waals surface area contributed by atoms with Crippen molar-refractivity contribution in [3.8, 4) is 0 Å². The van der Waals surface area contributed by atoms with E-state index < -0.39 is 0 Å². The molecule has 1 aliphatic carbocycles. The van der Waals surface area contributed by atoms with Crippen LogP contribution in [0.2, 0.25) is 0 Å². The van der Waals surface area contributed by atoms with Crippen molar-refractivity contribution in [2.45, 2.75) is 83.8 Å². The summed E-state index contributed by atoms with van der Waals surface area (Å²) < 4.78 is 0. The fourth-order valence-corrected chi connectivity index (χ4v) is 3.78. The van der Waals surface area contributed by atoms with Gasteiger partial charge in [0.1, 0.15) is 0 Å². The average molecular weight is 280 g/mol. The number of carbonyl (C=O) groups is 2. The number of likely N-dealkylation sites (tertiary alicyclic amines) is 1. The van der Waals surface area contributed by atoms with Gasteiger partial charge in [-0.25, -0.2) is 0 Å². The molecule has 20 heavy (non-hydrogen) atoms. The van der Waals surface area contributed by atoms with Crippen LogP contribution in [-0.2, 0) is 9.59 Å². The Labute approximate surface area is 122 Å². The van der Waals surface area contributed by atoms with Gasteiger partial charge in [0.25, 0.3) is 0 Å². The number of amides is 2. The number of nitrogens with one attached hydrogen (secondary N) is 1. The zero-order chi connectivity index (χ0) is 14.7. The molecule has 2 rings (SSSR count). The van der Waals surface area contributed by atoms with E-state index in [-0.39, 0.29) is 29.9 Å². The predicted octanol–water partition coefficient (Wildman–Crippen LogP) is 2.47. The second kappa shape index (κ2) is 6.70. The molecule has 2 atom stereocenters. The molecule has 0 bridgehead atoms. The maximum Gasteiger partial charge on any atom is 0.247 e. The Balaban J connectivity index is 1.97. The summed E-state index contributed by atoms with van der Waals surface area (Å²) in [6.07, 6.45) is 6.82. The summed E-state index contributed by atoms with van der Waals surface area (Å²) in [4.78, 5) is 26.2. The standard InChI is InChI=1S/C16H28N2O2/c1-4-12(5-2)11(3)17-14-10-15(19)18(16(14)20)13-8-6-7-9-13/h11-14,17H,4-10H2,1-3H3. The van der Waals surface area contributed by atoms with Crippen molar-refractivity contribution in [3.05, 3.63) is 0 Å². The number of rotatable bonds is 6. The highest BCUT2D eigenvalue weighted by Gasteiger charge is 2.43. The van der Waals surface area contributed by atoms with Crippen molar-refractivity contribution >= 4 is 11.8 Å². The van der Waals surface area contributed by atoms with Crippen molar-refractivity contribution in [3.63, 3.8) is 0 Å². The van der Waals surface area contributed by atoms with Crippen LogP contribution < -0.4 is 5.32 Å². The summed E-state index contributed by atoms with van der Waals surface area (Å²) in [7, 11) is 0. The number of nitrogens with zero attached hydrogens (tertiary/aromatic N) is 1. The van der Waals surface area contributed by atoms with E-state index in [1.807, 2.05) is 0 Å². The van der Waals surface area contributed by atoms with Gasteiger partial charge in [-0.2, -0.15) is 0 Å². The van der Waals surface area contributed by atoms with E-state index in [2.05, 4.69) is 26.1 Å². The summed E-state index contributed by atoms with van der Waals surface area (Å²) in [5, 5.41) is 3.40. The summed E-state index contributed by atoms with van der Waals surface area (Å²) in [6, 6.07) is 0.166. The van der Waals surface area contributed by atoms with Crippen LogP contribution in [0, 0.1) is 5.92 Å². The minimum Gasteiger partial charge on any atom is -0.303 e. The van der Waals surface area contributed by atoms with Crippen molar-refractivity contribution < 1.29 is 9.59 Å². The Kier molecular flexibility index (Phi) is 5.19. The van der Waals surface area contributed by atoms with E-state index in [9.17, 15) is 9.59 Å². The van der Waals surface area contributed by atoms with Gasteiger partial charge in [-0.15, -0.1) is 0 Å². The molecule has 0 aromatic carbocycles. The third-order valence-electron chi connectivity index (χ3n) is 5.09. The molecule has 114 valence electrons. The molecule has 0 aromatic rings. The lowest BCUT2D eigenvalue weighted by Gasteiger charge is -2.26. The smallest absolute Gasteiger partial charge is 0.247 e. The van der Waals surface area contributed by atoms with E-state index in [1.54, 1.807) is 4.90 Å². The Hall–Kier alpha value is -0.900. The van der Waals surface area contributed by atoms with Gasteiger partial charge in [-0.05, 0) is 25.7 Å². The van der Waals surface area contributed by atoms with Crippen LogP contribution in [0.1, 0.15) is 65.7 Å². The van der Waals surface area contributed by atoms with E-state index in [4.69, 9.17) is 0 Å². The topological polar surface area (TPSA) is 49.4 Å². The first-order chi connectivity index (χ1) is 9.58. The lowest BCUT2D eigenvalue weighted by Crippen LogP contribution is -2.47. The Morgan fingerprint density at radius 1 is 1.20 bits per heavy atom. The Morgan fingerprint density at radius 2 is 1.80 bits per heavy atom. The maximum atomic E-state index is 12.5. The van der Waals surface area contributed by atoms with Crippen LogP contribution >= 0.6 is 0 Å². The molecule has 2 fully saturated rings. The minimum absolute atomic E-state index is 0.0136. The lowest BCUT2D eigenvalue weighted by atomic mass is 9.95. The second-order valence-corrected chi connectivity index (χ2v) is 6.33. The van der Waals surface area contributed by atoms with Crippen molar-refractivity contribution in [1.29, 1.82) is 0 Å². The zero-order valence-corrected chi connectivity index (χ0v) is 13.0. The summed E-state index contributed by atoms with van der Waals surface area (Å²) in [6.45, 7) is 6.49. The van der Waals surface area contributed by atoms with E-state index in [1.165, 1.54) is 0 Å². The summed E-state index contributed by atoms with van der Waals surface area (Å²) in [5.74, 6) is 0.606. The Bertz CT molecular complexity index is 359. The molecule has 4 heteroatoms. The number of hydrogen-bond donors (Lipinski definition) is 1. The predicted molar refractivity (Wildman–Crippen MR) is 79.2 cm³/mol. The molecule has 1 aliphatic heterocycles. The van der Waals surface area contributed by atoms with E-state index in [0.717, 1.165) is 38.5 Å². The first kappa shape index (κ1) is 15.5. The van der Waals surface area contributed by atoms with Gasteiger partial charge in [0.05, 0.1) is 12.5 Å². The van der Waals surface area contributed by atoms with Crippen LogP contribution in [0.15, 0.2) is 0 Å². The highest BCUT2D eigenvalue weighted by molar-refractivity contribution is 6.05. The van der Waals surface area contributed by atoms with Crippen LogP contribution in [0.4, 0.5) is 0 Å². The number of carbonyl (C=O) groups excluding carboxylic acids is 2. The molecule has 2 aliphatic rings. The molecule has 0 aromatic heterocycles. The third-order valence-corrected chi connectivity index (χ3v) is 5.09. The number of hydrogen-bond acceptors (Lipinski definition) is 3. The normalized spacial score (nSPS) is 26.0. The molecular weight excluding hydrogens is 252 g/mol. The highest BCUT2D eigenvalue weighted by atomic mass is 16.2. The molecule has 1 saturated heterocycles. The second-order valence-electron chi connectivity index (χ2n) is 6.33. The van der Waals surface area contributed by atoms with Crippen molar-refractivity contribution in [2.24, 2.45) is 5.92 Å².